The van der Waals surface area contributed by atoms with Crippen molar-refractivity contribution in [1.82, 2.24) is 5.32 Å². The Bertz CT molecular complexity index is 559. The Balaban J connectivity index is 2.23. The van der Waals surface area contributed by atoms with Gasteiger partial charge in [-0.15, -0.1) is 0 Å². The maximum atomic E-state index is 3.71. The van der Waals surface area contributed by atoms with Gasteiger partial charge in [0.25, 0.3) is 0 Å². The van der Waals surface area contributed by atoms with Crippen LogP contribution in [0, 0.1) is 6.92 Å². The van der Waals surface area contributed by atoms with E-state index in [-0.39, 0.29) is 0 Å². The van der Waals surface area contributed by atoms with Crippen LogP contribution in [0.5, 0.6) is 0 Å². The van der Waals surface area contributed by atoms with Crippen LogP contribution in [0.3, 0.4) is 0 Å². The van der Waals surface area contributed by atoms with Crippen LogP contribution in [0.4, 0.5) is 0 Å². The second-order valence-electron chi connectivity index (χ2n) is 5.74. The fourth-order valence-corrected chi connectivity index (χ4v) is 2.72. The van der Waals surface area contributed by atoms with Crippen molar-refractivity contribution in [3.8, 4) is 0 Å². The first-order valence-corrected chi connectivity index (χ1v) is 8.11. The predicted octanol–water partition coefficient (Wildman–Crippen LogP) is 4.84. The molecule has 1 heteroatoms. The monoisotopic (exact) mass is 281 g/mol. The van der Waals surface area contributed by atoms with Crippen LogP contribution in [0.25, 0.3) is 0 Å². The van der Waals surface area contributed by atoms with Crippen LogP contribution in [-0.4, -0.2) is 6.54 Å². The third-order valence-electron chi connectivity index (χ3n) is 4.09. The molecule has 0 aliphatic carbocycles. The van der Waals surface area contributed by atoms with Gasteiger partial charge in [0.1, 0.15) is 0 Å². The van der Waals surface area contributed by atoms with E-state index in [1.807, 2.05) is 0 Å². The molecule has 1 unspecified atom stereocenters. The average molecular weight is 281 g/mol. The summed E-state index contributed by atoms with van der Waals surface area (Å²) in [7, 11) is 0. The summed E-state index contributed by atoms with van der Waals surface area (Å²) in [5, 5.41) is 3.71. The minimum Gasteiger partial charge on any atom is -0.310 e. The summed E-state index contributed by atoms with van der Waals surface area (Å²) >= 11 is 0. The maximum Gasteiger partial charge on any atom is 0.0361 e. The second-order valence-corrected chi connectivity index (χ2v) is 5.74. The number of nitrogens with one attached hydrogen (secondary N) is 1. The third-order valence-corrected chi connectivity index (χ3v) is 4.09. The lowest BCUT2D eigenvalue weighted by Gasteiger charge is -2.21. The molecule has 0 amide bonds. The van der Waals surface area contributed by atoms with E-state index in [1.165, 1.54) is 22.3 Å². The van der Waals surface area contributed by atoms with Crippen LogP contribution < -0.4 is 5.32 Å². The highest BCUT2D eigenvalue weighted by atomic mass is 14.9. The normalized spacial score (nSPS) is 12.3. The zero-order valence-corrected chi connectivity index (χ0v) is 13.5. The summed E-state index contributed by atoms with van der Waals surface area (Å²) in [6, 6.07) is 18.1. The first-order valence-electron chi connectivity index (χ1n) is 8.11. The highest BCUT2D eigenvalue weighted by molar-refractivity contribution is 5.31. The van der Waals surface area contributed by atoms with Crippen LogP contribution in [-0.2, 0) is 12.8 Å². The molecular weight excluding hydrogens is 254 g/mol. The lowest BCUT2D eigenvalue weighted by atomic mass is 9.94. The van der Waals surface area contributed by atoms with E-state index in [1.54, 1.807) is 0 Å². The standard InChI is InChI=1S/C20H27N/c1-4-13-21-20(15-18-11-7-6-9-16(18)3)19-12-8-10-17(5-2)14-19/h6-12,14,20-21H,4-5,13,15H2,1-3H3. The fourth-order valence-electron chi connectivity index (χ4n) is 2.72. The summed E-state index contributed by atoms with van der Waals surface area (Å²) in [6.45, 7) is 7.71. The van der Waals surface area contributed by atoms with Crippen LogP contribution >= 0.6 is 0 Å². The van der Waals surface area contributed by atoms with Crippen LogP contribution in [0.15, 0.2) is 48.5 Å². The molecule has 1 atom stereocenters. The van der Waals surface area contributed by atoms with E-state index in [0.717, 1.165) is 25.8 Å². The topological polar surface area (TPSA) is 12.0 Å². The Hall–Kier alpha value is -1.60. The van der Waals surface area contributed by atoms with Crippen molar-refractivity contribution in [2.24, 2.45) is 0 Å². The fraction of sp³-hybridized carbons (Fsp3) is 0.400. The van der Waals surface area contributed by atoms with Gasteiger partial charge in [-0.3, -0.25) is 0 Å². The zero-order chi connectivity index (χ0) is 15.1. The molecule has 1 N–H and O–H groups in total. The van der Waals surface area contributed by atoms with Gasteiger partial charge in [-0.1, -0.05) is 62.4 Å². The molecule has 0 heterocycles. The highest BCUT2D eigenvalue weighted by Gasteiger charge is 2.13. The first-order chi connectivity index (χ1) is 10.2. The molecule has 0 aliphatic rings. The number of hydrogen-bond donors (Lipinski definition) is 1. The van der Waals surface area contributed by atoms with Gasteiger partial charge < -0.3 is 5.32 Å². The molecule has 0 spiro atoms. The number of benzene rings is 2. The summed E-state index contributed by atoms with van der Waals surface area (Å²) < 4.78 is 0. The second kappa shape index (κ2) is 7.99. The smallest absolute Gasteiger partial charge is 0.0361 e. The van der Waals surface area contributed by atoms with Crippen LogP contribution in [0.1, 0.15) is 48.6 Å². The number of rotatable bonds is 7. The van der Waals surface area contributed by atoms with E-state index in [2.05, 4.69) is 74.6 Å². The summed E-state index contributed by atoms with van der Waals surface area (Å²) in [5.41, 5.74) is 5.65. The van der Waals surface area contributed by atoms with Gasteiger partial charge in [-0.2, -0.15) is 0 Å². The van der Waals surface area contributed by atoms with Crippen molar-refractivity contribution < 1.29 is 0 Å². The molecule has 2 rings (SSSR count). The van der Waals surface area contributed by atoms with Crippen molar-refractivity contribution in [2.75, 3.05) is 6.54 Å². The van der Waals surface area contributed by atoms with E-state index in [4.69, 9.17) is 0 Å². The molecule has 0 saturated carbocycles. The molecular formula is C20H27N. The third kappa shape index (κ3) is 4.44. The van der Waals surface area contributed by atoms with Crippen LogP contribution in [0.2, 0.25) is 0 Å². The molecule has 0 saturated heterocycles. The Morgan fingerprint density at radius 1 is 1.00 bits per heavy atom. The molecule has 0 aliphatic heterocycles. The van der Waals surface area contributed by atoms with E-state index >= 15 is 0 Å². The Kier molecular flexibility index (Phi) is 6.01. The lowest BCUT2D eigenvalue weighted by molar-refractivity contribution is 0.528. The molecule has 112 valence electrons. The first kappa shape index (κ1) is 15.8. The molecule has 1 nitrogen and oxygen atoms in total. The number of aryl methyl sites for hydroxylation is 2. The SMILES string of the molecule is CCCNC(Cc1ccccc1C)c1cccc(CC)c1. The van der Waals surface area contributed by atoms with Gasteiger partial charge in [-0.05, 0) is 55.0 Å². The summed E-state index contributed by atoms with van der Waals surface area (Å²) in [6.07, 6.45) is 3.32. The zero-order valence-electron chi connectivity index (χ0n) is 13.5. The highest BCUT2D eigenvalue weighted by Crippen LogP contribution is 2.21. The van der Waals surface area contributed by atoms with E-state index in [9.17, 15) is 0 Å². The summed E-state index contributed by atoms with van der Waals surface area (Å²) in [5.74, 6) is 0. The van der Waals surface area contributed by atoms with Gasteiger partial charge in [0.05, 0.1) is 0 Å². The average Bonchev–Trinajstić information content (AvgIpc) is 2.53. The molecule has 0 bridgehead atoms. The van der Waals surface area contributed by atoms with Crippen molar-refractivity contribution >= 4 is 0 Å². The Morgan fingerprint density at radius 2 is 1.81 bits per heavy atom. The van der Waals surface area contributed by atoms with Gasteiger partial charge in [0, 0.05) is 6.04 Å². The van der Waals surface area contributed by atoms with Gasteiger partial charge >= 0.3 is 0 Å². The Labute approximate surface area is 129 Å². The van der Waals surface area contributed by atoms with Gasteiger partial charge in [0.15, 0.2) is 0 Å². The molecule has 0 radical (unpaired) electrons. The van der Waals surface area contributed by atoms with Crippen molar-refractivity contribution in [2.45, 2.75) is 46.1 Å². The van der Waals surface area contributed by atoms with E-state index < -0.39 is 0 Å². The van der Waals surface area contributed by atoms with Crippen molar-refractivity contribution in [1.29, 1.82) is 0 Å². The number of hydrogen-bond acceptors (Lipinski definition) is 1. The van der Waals surface area contributed by atoms with E-state index in [0.29, 0.717) is 6.04 Å². The van der Waals surface area contributed by atoms with Gasteiger partial charge in [0.2, 0.25) is 0 Å². The molecule has 0 fully saturated rings. The lowest BCUT2D eigenvalue weighted by Crippen LogP contribution is -2.24. The van der Waals surface area contributed by atoms with Crippen molar-refractivity contribution in [3.63, 3.8) is 0 Å². The van der Waals surface area contributed by atoms with Crippen molar-refractivity contribution in [3.05, 3.63) is 70.8 Å². The Morgan fingerprint density at radius 3 is 2.52 bits per heavy atom. The molecule has 2 aromatic rings. The van der Waals surface area contributed by atoms with Gasteiger partial charge in [-0.25, -0.2) is 0 Å². The maximum absolute atomic E-state index is 3.71. The minimum absolute atomic E-state index is 0.401. The largest absolute Gasteiger partial charge is 0.310 e. The minimum atomic E-state index is 0.401. The summed E-state index contributed by atoms with van der Waals surface area (Å²) in [4.78, 5) is 0. The molecule has 0 aromatic heterocycles. The molecule has 21 heavy (non-hydrogen) atoms. The predicted molar refractivity (Wildman–Crippen MR) is 91.7 cm³/mol. The molecule has 2 aromatic carbocycles. The quantitative estimate of drug-likeness (QED) is 0.765.